The number of hydrogen-bond donors (Lipinski definition) is 1. The second-order valence-electron chi connectivity index (χ2n) is 9.08. The number of rotatable bonds is 12. The van der Waals surface area contributed by atoms with Crippen molar-refractivity contribution in [3.8, 4) is 5.75 Å². The van der Waals surface area contributed by atoms with Gasteiger partial charge in [-0.1, -0.05) is 43.7 Å². The number of carbonyl (C=O) groups is 2. The fourth-order valence-electron chi connectivity index (χ4n) is 4.68. The van der Waals surface area contributed by atoms with Gasteiger partial charge in [0.05, 0.1) is 25.7 Å². The minimum Gasteiger partial charge on any atom is -0.493 e. The summed E-state index contributed by atoms with van der Waals surface area (Å²) < 4.78 is 10.7. The molecule has 1 amide bonds. The fourth-order valence-corrected chi connectivity index (χ4v) is 4.68. The van der Waals surface area contributed by atoms with Crippen LogP contribution in [0.25, 0.3) is 6.08 Å². The second kappa shape index (κ2) is 14.3. The first-order valence-electron chi connectivity index (χ1n) is 13.3. The number of carbonyl (C=O) groups excluding carboxylic acids is 2. The van der Waals surface area contributed by atoms with Gasteiger partial charge in [0.15, 0.2) is 0 Å². The number of hydrogen-bond acceptors (Lipinski definition) is 5. The maximum atomic E-state index is 13.2. The van der Waals surface area contributed by atoms with Gasteiger partial charge in [0.2, 0.25) is 5.91 Å². The van der Waals surface area contributed by atoms with Crippen LogP contribution in [-0.4, -0.2) is 38.2 Å². The van der Waals surface area contributed by atoms with Crippen LogP contribution in [-0.2, 0) is 20.7 Å². The van der Waals surface area contributed by atoms with Gasteiger partial charge in [-0.3, -0.25) is 4.79 Å². The van der Waals surface area contributed by atoms with Crippen LogP contribution in [0.5, 0.6) is 5.75 Å². The minimum absolute atomic E-state index is 0.0147. The van der Waals surface area contributed by atoms with E-state index in [1.807, 2.05) is 25.1 Å². The molecule has 1 N–H and O–H groups in total. The fraction of sp³-hybridized carbons (Fsp3) is 0.467. The molecular formula is C30H40N2O4. The summed E-state index contributed by atoms with van der Waals surface area (Å²) in [6, 6.07) is 14.1. The highest BCUT2D eigenvalue weighted by atomic mass is 16.5. The Morgan fingerprint density at radius 2 is 1.81 bits per heavy atom. The lowest BCUT2D eigenvalue weighted by Crippen LogP contribution is -2.34. The number of anilines is 1. The molecule has 1 saturated heterocycles. The molecule has 1 aliphatic heterocycles. The lowest BCUT2D eigenvalue weighted by atomic mass is 9.97. The molecule has 1 fully saturated rings. The number of benzene rings is 2. The van der Waals surface area contributed by atoms with E-state index in [2.05, 4.69) is 41.4 Å². The van der Waals surface area contributed by atoms with Gasteiger partial charge in [-0.25, -0.2) is 4.79 Å². The predicted octanol–water partition coefficient (Wildman–Crippen LogP) is 5.85. The van der Waals surface area contributed by atoms with Gasteiger partial charge in [0.1, 0.15) is 5.75 Å². The van der Waals surface area contributed by atoms with Crippen molar-refractivity contribution in [2.24, 2.45) is 0 Å². The summed E-state index contributed by atoms with van der Waals surface area (Å²) in [6.07, 6.45) is 8.92. The third kappa shape index (κ3) is 7.87. The Kier molecular flexibility index (Phi) is 10.9. The second-order valence-corrected chi connectivity index (χ2v) is 9.08. The van der Waals surface area contributed by atoms with E-state index in [-0.39, 0.29) is 18.4 Å². The highest BCUT2D eigenvalue weighted by molar-refractivity contribution is 5.87. The normalized spacial score (nSPS) is 14.5. The SMILES string of the molecule is CCCC(NC(=O)Cc1ccc(/C=C/C(=O)OCC)c(OCC)c1)c1ccccc1N1CCCCC1. The van der Waals surface area contributed by atoms with Crippen LogP contribution in [0.1, 0.15) is 75.6 Å². The van der Waals surface area contributed by atoms with Crippen molar-refractivity contribution in [1.29, 1.82) is 0 Å². The van der Waals surface area contributed by atoms with Crippen LogP contribution >= 0.6 is 0 Å². The van der Waals surface area contributed by atoms with Gasteiger partial charge in [0, 0.05) is 30.4 Å². The van der Waals surface area contributed by atoms with Gasteiger partial charge in [-0.2, -0.15) is 0 Å². The van der Waals surface area contributed by atoms with E-state index in [9.17, 15) is 9.59 Å². The molecule has 194 valence electrons. The Balaban J connectivity index is 1.74. The number of esters is 1. The maximum absolute atomic E-state index is 13.2. The summed E-state index contributed by atoms with van der Waals surface area (Å²) in [5, 5.41) is 3.30. The lowest BCUT2D eigenvalue weighted by molar-refractivity contribution is -0.137. The molecule has 2 aromatic rings. The standard InChI is InChI=1S/C30H40N2O4/c1-4-12-26(25-13-8-9-14-27(25)32-19-10-7-11-20-32)31-29(33)22-23-15-16-24(28(21-23)35-5-2)17-18-30(34)36-6-3/h8-9,13-18,21,26H,4-7,10-12,19-20,22H2,1-3H3,(H,31,33)/b18-17+. The van der Waals surface area contributed by atoms with Gasteiger partial charge < -0.3 is 19.7 Å². The number of piperidine rings is 1. The molecule has 0 aliphatic carbocycles. The zero-order valence-electron chi connectivity index (χ0n) is 21.9. The van der Waals surface area contributed by atoms with Crippen LogP contribution < -0.4 is 15.0 Å². The summed E-state index contributed by atoms with van der Waals surface area (Å²) in [6.45, 7) is 8.79. The van der Waals surface area contributed by atoms with Crippen LogP contribution in [0.2, 0.25) is 0 Å². The quantitative estimate of drug-likeness (QED) is 0.297. The van der Waals surface area contributed by atoms with E-state index >= 15 is 0 Å². The molecule has 0 bridgehead atoms. The van der Waals surface area contributed by atoms with Gasteiger partial charge in [0.25, 0.3) is 0 Å². The molecule has 0 aromatic heterocycles. The van der Waals surface area contributed by atoms with Crippen molar-refractivity contribution in [2.45, 2.75) is 65.3 Å². The highest BCUT2D eigenvalue weighted by Crippen LogP contribution is 2.31. The topological polar surface area (TPSA) is 67.9 Å². The highest BCUT2D eigenvalue weighted by Gasteiger charge is 2.21. The third-order valence-corrected chi connectivity index (χ3v) is 6.35. The van der Waals surface area contributed by atoms with Crippen molar-refractivity contribution in [3.63, 3.8) is 0 Å². The Morgan fingerprint density at radius 3 is 2.53 bits per heavy atom. The lowest BCUT2D eigenvalue weighted by Gasteiger charge is -2.32. The average molecular weight is 493 g/mol. The number of ether oxygens (including phenoxy) is 2. The number of amides is 1. The predicted molar refractivity (Wildman–Crippen MR) is 145 cm³/mol. The molecule has 2 aromatic carbocycles. The maximum Gasteiger partial charge on any atom is 0.330 e. The van der Waals surface area contributed by atoms with E-state index in [0.29, 0.717) is 19.0 Å². The van der Waals surface area contributed by atoms with Gasteiger partial charge >= 0.3 is 5.97 Å². The van der Waals surface area contributed by atoms with Crippen molar-refractivity contribution < 1.29 is 19.1 Å². The molecule has 3 rings (SSSR count). The molecule has 6 heteroatoms. The van der Waals surface area contributed by atoms with Gasteiger partial charge in [-0.05, 0) is 68.9 Å². The molecule has 0 saturated carbocycles. The molecule has 1 atom stereocenters. The van der Waals surface area contributed by atoms with E-state index in [1.165, 1.54) is 36.6 Å². The summed E-state index contributed by atoms with van der Waals surface area (Å²) in [7, 11) is 0. The molecule has 1 aliphatic rings. The van der Waals surface area contributed by atoms with Crippen molar-refractivity contribution in [1.82, 2.24) is 5.32 Å². The van der Waals surface area contributed by atoms with E-state index in [0.717, 1.165) is 37.1 Å². The largest absolute Gasteiger partial charge is 0.493 e. The van der Waals surface area contributed by atoms with Crippen molar-refractivity contribution in [3.05, 3.63) is 65.2 Å². The number of para-hydroxylation sites is 1. The van der Waals surface area contributed by atoms with E-state index in [4.69, 9.17) is 9.47 Å². The first-order chi connectivity index (χ1) is 17.5. The average Bonchev–Trinajstić information content (AvgIpc) is 2.89. The van der Waals surface area contributed by atoms with Crippen LogP contribution in [0.3, 0.4) is 0 Å². The smallest absolute Gasteiger partial charge is 0.330 e. The molecule has 0 radical (unpaired) electrons. The zero-order valence-corrected chi connectivity index (χ0v) is 21.9. The molecule has 1 heterocycles. The Morgan fingerprint density at radius 1 is 1.03 bits per heavy atom. The molecule has 0 spiro atoms. The van der Waals surface area contributed by atoms with Crippen LogP contribution in [0.4, 0.5) is 5.69 Å². The van der Waals surface area contributed by atoms with E-state index in [1.54, 1.807) is 13.0 Å². The zero-order chi connectivity index (χ0) is 25.8. The van der Waals surface area contributed by atoms with E-state index < -0.39 is 5.97 Å². The summed E-state index contributed by atoms with van der Waals surface area (Å²) in [5.74, 6) is 0.235. The van der Waals surface area contributed by atoms with Crippen molar-refractivity contribution >= 4 is 23.6 Å². The Labute approximate surface area is 215 Å². The minimum atomic E-state index is -0.393. The first-order valence-corrected chi connectivity index (χ1v) is 13.3. The Bertz CT molecular complexity index is 1030. The molecule has 6 nitrogen and oxygen atoms in total. The van der Waals surface area contributed by atoms with Crippen LogP contribution in [0, 0.1) is 0 Å². The monoisotopic (exact) mass is 492 g/mol. The first kappa shape index (κ1) is 27.3. The van der Waals surface area contributed by atoms with Crippen molar-refractivity contribution in [2.75, 3.05) is 31.2 Å². The number of nitrogens with zero attached hydrogens (tertiary/aromatic N) is 1. The number of nitrogens with one attached hydrogen (secondary N) is 1. The molecular weight excluding hydrogens is 452 g/mol. The van der Waals surface area contributed by atoms with Gasteiger partial charge in [-0.15, -0.1) is 0 Å². The molecule has 1 unspecified atom stereocenters. The summed E-state index contributed by atoms with van der Waals surface area (Å²) in [5.41, 5.74) is 4.08. The Hall–Kier alpha value is -3.28. The summed E-state index contributed by atoms with van der Waals surface area (Å²) in [4.78, 5) is 27.3. The van der Waals surface area contributed by atoms with Crippen LogP contribution in [0.15, 0.2) is 48.5 Å². The third-order valence-electron chi connectivity index (χ3n) is 6.35. The molecule has 36 heavy (non-hydrogen) atoms. The summed E-state index contributed by atoms with van der Waals surface area (Å²) >= 11 is 0.